The van der Waals surface area contributed by atoms with E-state index in [9.17, 15) is 9.59 Å². The zero-order valence-corrected chi connectivity index (χ0v) is 12.9. The van der Waals surface area contributed by atoms with Crippen molar-refractivity contribution in [2.45, 2.75) is 39.2 Å². The van der Waals surface area contributed by atoms with Crippen LogP contribution < -0.4 is 10.9 Å². The predicted molar refractivity (Wildman–Crippen MR) is 80.6 cm³/mol. The summed E-state index contributed by atoms with van der Waals surface area (Å²) in [6.07, 6.45) is 4.69. The normalized spacial score (nSPS) is 14.0. The van der Waals surface area contributed by atoms with Gasteiger partial charge < -0.3 is 10.1 Å². The summed E-state index contributed by atoms with van der Waals surface area (Å²) in [4.78, 5) is 23.5. The van der Waals surface area contributed by atoms with E-state index in [1.807, 2.05) is 0 Å². The maximum atomic E-state index is 12.2. The van der Waals surface area contributed by atoms with Crippen molar-refractivity contribution in [2.75, 3.05) is 18.5 Å². The SMILES string of the molecule is CCOC(=O)CCCNc1c(Cl)cnn(CC2CC2)c1=O. The van der Waals surface area contributed by atoms with Gasteiger partial charge in [0, 0.05) is 19.5 Å². The molecular formula is C14H20ClN3O3. The molecular weight excluding hydrogens is 294 g/mol. The van der Waals surface area contributed by atoms with Gasteiger partial charge >= 0.3 is 5.97 Å². The summed E-state index contributed by atoms with van der Waals surface area (Å²) in [7, 11) is 0. The van der Waals surface area contributed by atoms with Gasteiger partial charge in [-0.15, -0.1) is 0 Å². The topological polar surface area (TPSA) is 73.2 Å². The number of carbonyl (C=O) groups excluding carboxylic acids is 1. The summed E-state index contributed by atoms with van der Waals surface area (Å²) in [6, 6.07) is 0. The molecule has 1 aliphatic rings. The van der Waals surface area contributed by atoms with E-state index in [0.29, 0.717) is 49.2 Å². The van der Waals surface area contributed by atoms with Crippen LogP contribution in [0.25, 0.3) is 0 Å². The maximum Gasteiger partial charge on any atom is 0.305 e. The van der Waals surface area contributed by atoms with Crippen LogP contribution in [0.2, 0.25) is 5.02 Å². The average Bonchev–Trinajstić information content (AvgIpc) is 3.25. The van der Waals surface area contributed by atoms with Crippen LogP contribution in [0.15, 0.2) is 11.0 Å². The molecule has 0 aromatic carbocycles. The third-order valence-corrected chi connectivity index (χ3v) is 3.58. The molecule has 0 unspecified atom stereocenters. The van der Waals surface area contributed by atoms with E-state index in [-0.39, 0.29) is 11.5 Å². The third-order valence-electron chi connectivity index (χ3n) is 3.29. The van der Waals surface area contributed by atoms with E-state index in [0.717, 1.165) is 12.8 Å². The van der Waals surface area contributed by atoms with Crippen molar-refractivity contribution in [1.29, 1.82) is 0 Å². The second kappa shape index (κ2) is 7.45. The molecule has 1 N–H and O–H groups in total. The van der Waals surface area contributed by atoms with Gasteiger partial charge in [-0.3, -0.25) is 9.59 Å². The molecule has 116 valence electrons. The first-order valence-electron chi connectivity index (χ1n) is 7.27. The van der Waals surface area contributed by atoms with E-state index in [4.69, 9.17) is 16.3 Å². The average molecular weight is 314 g/mol. The number of hydrogen-bond donors (Lipinski definition) is 1. The summed E-state index contributed by atoms with van der Waals surface area (Å²) in [5.41, 5.74) is 0.154. The molecule has 0 radical (unpaired) electrons. The molecule has 0 aliphatic heterocycles. The fourth-order valence-corrected chi connectivity index (χ4v) is 2.17. The minimum atomic E-state index is -0.230. The number of nitrogens with one attached hydrogen (secondary N) is 1. The number of hydrogen-bond acceptors (Lipinski definition) is 5. The van der Waals surface area contributed by atoms with Crippen molar-refractivity contribution in [2.24, 2.45) is 5.92 Å². The summed E-state index contributed by atoms with van der Waals surface area (Å²) in [5, 5.41) is 7.37. The highest BCUT2D eigenvalue weighted by molar-refractivity contribution is 6.32. The van der Waals surface area contributed by atoms with Crippen molar-refractivity contribution in [3.05, 3.63) is 21.6 Å². The van der Waals surface area contributed by atoms with Crippen LogP contribution in [0, 0.1) is 5.92 Å². The van der Waals surface area contributed by atoms with Crippen molar-refractivity contribution >= 4 is 23.3 Å². The largest absolute Gasteiger partial charge is 0.466 e. The lowest BCUT2D eigenvalue weighted by Gasteiger charge is -2.10. The van der Waals surface area contributed by atoms with Crippen molar-refractivity contribution in [3.63, 3.8) is 0 Å². The standard InChI is InChI=1S/C14H20ClN3O3/c1-2-21-12(19)4-3-7-16-13-11(15)8-17-18(14(13)20)9-10-5-6-10/h8,10,16H,2-7,9H2,1H3. The van der Waals surface area contributed by atoms with Crippen LogP contribution in [0.5, 0.6) is 0 Å². The molecule has 0 atom stereocenters. The molecule has 1 fully saturated rings. The number of esters is 1. The zero-order valence-electron chi connectivity index (χ0n) is 12.1. The lowest BCUT2D eigenvalue weighted by molar-refractivity contribution is -0.143. The number of ether oxygens (including phenoxy) is 1. The Balaban J connectivity index is 1.89. The van der Waals surface area contributed by atoms with Gasteiger partial charge in [0.05, 0.1) is 17.8 Å². The Morgan fingerprint density at radius 2 is 2.33 bits per heavy atom. The van der Waals surface area contributed by atoms with Gasteiger partial charge in [-0.1, -0.05) is 11.6 Å². The van der Waals surface area contributed by atoms with Gasteiger partial charge in [0.25, 0.3) is 5.56 Å². The van der Waals surface area contributed by atoms with Crippen LogP contribution >= 0.6 is 11.6 Å². The second-order valence-corrected chi connectivity index (χ2v) is 5.54. The lowest BCUT2D eigenvalue weighted by atomic mass is 10.3. The van der Waals surface area contributed by atoms with E-state index in [1.54, 1.807) is 6.92 Å². The van der Waals surface area contributed by atoms with Gasteiger partial charge in [-0.25, -0.2) is 4.68 Å². The minimum absolute atomic E-state index is 0.203. The Labute approximate surface area is 128 Å². The number of carbonyl (C=O) groups is 1. The van der Waals surface area contributed by atoms with Gasteiger partial charge in [0.1, 0.15) is 5.69 Å². The highest BCUT2D eigenvalue weighted by atomic mass is 35.5. The number of rotatable bonds is 8. The Kier molecular flexibility index (Phi) is 5.61. The summed E-state index contributed by atoms with van der Waals surface area (Å²) in [5.74, 6) is 0.333. The Morgan fingerprint density at radius 1 is 1.57 bits per heavy atom. The highest BCUT2D eigenvalue weighted by Crippen LogP contribution is 2.30. The third kappa shape index (κ3) is 4.74. The molecule has 21 heavy (non-hydrogen) atoms. The van der Waals surface area contributed by atoms with E-state index in [1.165, 1.54) is 10.9 Å². The molecule has 0 spiro atoms. The molecule has 1 aliphatic carbocycles. The van der Waals surface area contributed by atoms with Crippen molar-refractivity contribution in [1.82, 2.24) is 9.78 Å². The monoisotopic (exact) mass is 313 g/mol. The number of aromatic nitrogens is 2. The number of anilines is 1. The van der Waals surface area contributed by atoms with Crippen LogP contribution in [0.1, 0.15) is 32.6 Å². The predicted octanol–water partition coefficient (Wildman–Crippen LogP) is 2.06. The summed E-state index contributed by atoms with van der Waals surface area (Å²) >= 11 is 6.01. The van der Waals surface area contributed by atoms with Gasteiger partial charge in [-0.2, -0.15) is 5.10 Å². The summed E-state index contributed by atoms with van der Waals surface area (Å²) in [6.45, 7) is 3.29. The number of nitrogens with zero attached hydrogens (tertiary/aromatic N) is 2. The van der Waals surface area contributed by atoms with Crippen LogP contribution in [0.4, 0.5) is 5.69 Å². The fraction of sp³-hybridized carbons (Fsp3) is 0.643. The minimum Gasteiger partial charge on any atom is -0.466 e. The molecule has 1 saturated carbocycles. The first-order valence-corrected chi connectivity index (χ1v) is 7.64. The Hall–Kier alpha value is -1.56. The first kappa shape index (κ1) is 15.8. The van der Waals surface area contributed by atoms with E-state index in [2.05, 4.69) is 10.4 Å². The van der Waals surface area contributed by atoms with E-state index >= 15 is 0 Å². The van der Waals surface area contributed by atoms with Crippen LogP contribution in [-0.4, -0.2) is 28.9 Å². The molecule has 0 saturated heterocycles. The Morgan fingerprint density at radius 3 is 3.00 bits per heavy atom. The van der Waals surface area contributed by atoms with Gasteiger partial charge in [0.15, 0.2) is 0 Å². The maximum absolute atomic E-state index is 12.2. The van der Waals surface area contributed by atoms with Gasteiger partial charge in [0.2, 0.25) is 0 Å². The van der Waals surface area contributed by atoms with Gasteiger partial charge in [-0.05, 0) is 32.1 Å². The molecule has 0 bridgehead atoms. The van der Waals surface area contributed by atoms with Crippen LogP contribution in [0.3, 0.4) is 0 Å². The highest BCUT2D eigenvalue weighted by Gasteiger charge is 2.23. The van der Waals surface area contributed by atoms with E-state index < -0.39 is 0 Å². The first-order chi connectivity index (χ1) is 10.1. The molecule has 1 aromatic rings. The molecule has 0 amide bonds. The molecule has 1 aromatic heterocycles. The molecule has 2 rings (SSSR count). The van der Waals surface area contributed by atoms with Crippen molar-refractivity contribution in [3.8, 4) is 0 Å². The second-order valence-electron chi connectivity index (χ2n) is 5.13. The van der Waals surface area contributed by atoms with Crippen LogP contribution in [-0.2, 0) is 16.1 Å². The smallest absolute Gasteiger partial charge is 0.305 e. The number of halogens is 1. The molecule has 7 heteroatoms. The Bertz CT molecular complexity index is 555. The molecule has 6 nitrogen and oxygen atoms in total. The quantitative estimate of drug-likeness (QED) is 0.587. The van der Waals surface area contributed by atoms with Crippen molar-refractivity contribution < 1.29 is 9.53 Å². The summed E-state index contributed by atoms with van der Waals surface area (Å²) < 4.78 is 6.30. The lowest BCUT2D eigenvalue weighted by Crippen LogP contribution is -2.27. The zero-order chi connectivity index (χ0) is 15.2. The fourth-order valence-electron chi connectivity index (χ4n) is 1.98. The molecule has 1 heterocycles.